The number of hydrogen-bond donors (Lipinski definition) is 1. The number of nitrogens with zero attached hydrogens (tertiary/aromatic N) is 4. The molecule has 1 fully saturated rings. The van der Waals surface area contributed by atoms with Gasteiger partial charge in [-0.05, 0) is 76.2 Å². The quantitative estimate of drug-likeness (QED) is 0.520. The summed E-state index contributed by atoms with van der Waals surface area (Å²) in [5.74, 6) is 0.400. The monoisotopic (exact) mass is 453 g/mol. The van der Waals surface area contributed by atoms with Crippen molar-refractivity contribution < 1.29 is 9.18 Å². The van der Waals surface area contributed by atoms with Crippen molar-refractivity contribution in [2.75, 3.05) is 18.4 Å². The lowest BCUT2D eigenvalue weighted by Crippen LogP contribution is -2.30. The molecule has 32 heavy (non-hydrogen) atoms. The van der Waals surface area contributed by atoms with Gasteiger partial charge in [0.25, 0.3) is 0 Å². The van der Waals surface area contributed by atoms with E-state index in [1.54, 1.807) is 12.1 Å². The first-order chi connectivity index (χ1) is 15.5. The highest BCUT2D eigenvalue weighted by molar-refractivity contribution is 8.00. The van der Waals surface area contributed by atoms with Crippen LogP contribution in [0.2, 0.25) is 0 Å². The summed E-state index contributed by atoms with van der Waals surface area (Å²) in [5, 5.41) is 12.0. The Morgan fingerprint density at radius 2 is 1.75 bits per heavy atom. The highest BCUT2D eigenvalue weighted by Gasteiger charge is 2.23. The summed E-state index contributed by atoms with van der Waals surface area (Å²) in [6.07, 6.45) is 3.63. The summed E-state index contributed by atoms with van der Waals surface area (Å²) in [7, 11) is 0. The second-order valence-electron chi connectivity index (χ2n) is 8.16. The van der Waals surface area contributed by atoms with Crippen LogP contribution in [0, 0.1) is 12.7 Å². The molecule has 0 saturated carbocycles. The lowest BCUT2D eigenvalue weighted by molar-refractivity contribution is -0.115. The Morgan fingerprint density at radius 1 is 1.06 bits per heavy atom. The maximum Gasteiger partial charge on any atom is 0.237 e. The molecule has 1 atom stereocenters. The number of benzene rings is 2. The van der Waals surface area contributed by atoms with Crippen LogP contribution in [0.4, 0.5) is 10.1 Å². The average molecular weight is 454 g/mol. The van der Waals surface area contributed by atoms with Crippen LogP contribution in [0.15, 0.2) is 53.7 Å². The summed E-state index contributed by atoms with van der Waals surface area (Å²) in [5.41, 5.74) is 2.69. The molecule has 1 aliphatic heterocycles. The first-order valence-electron chi connectivity index (χ1n) is 11.0. The third kappa shape index (κ3) is 5.55. The second-order valence-corrected chi connectivity index (χ2v) is 9.47. The van der Waals surface area contributed by atoms with Gasteiger partial charge in [-0.3, -0.25) is 14.3 Å². The zero-order chi connectivity index (χ0) is 22.5. The van der Waals surface area contributed by atoms with Crippen LogP contribution >= 0.6 is 11.8 Å². The van der Waals surface area contributed by atoms with E-state index in [2.05, 4.69) is 20.4 Å². The number of aryl methyl sites for hydroxylation is 1. The molecular weight excluding hydrogens is 425 g/mol. The molecule has 1 N–H and O–H groups in total. The van der Waals surface area contributed by atoms with Gasteiger partial charge in [0.1, 0.15) is 5.82 Å². The van der Waals surface area contributed by atoms with Gasteiger partial charge in [-0.25, -0.2) is 4.39 Å². The SMILES string of the molecule is Cc1ccc(NC(=O)[C@H](C)Sc2nnc(CN3CCCCC3)n2-c2ccc(F)cc2)cc1. The van der Waals surface area contributed by atoms with Crippen molar-refractivity contribution in [1.82, 2.24) is 19.7 Å². The number of aromatic nitrogens is 3. The van der Waals surface area contributed by atoms with Crippen molar-refractivity contribution >= 4 is 23.4 Å². The van der Waals surface area contributed by atoms with Crippen LogP contribution in [-0.4, -0.2) is 43.9 Å². The Morgan fingerprint density at radius 3 is 2.44 bits per heavy atom. The topological polar surface area (TPSA) is 63.1 Å². The largest absolute Gasteiger partial charge is 0.325 e. The first kappa shape index (κ1) is 22.5. The number of halogens is 1. The first-order valence-corrected chi connectivity index (χ1v) is 11.8. The van der Waals surface area contributed by atoms with E-state index in [0.717, 1.165) is 35.9 Å². The molecule has 0 unspecified atom stereocenters. The Bertz CT molecular complexity index is 1050. The molecule has 3 aromatic rings. The number of likely N-dealkylation sites (tertiary alicyclic amines) is 1. The van der Waals surface area contributed by atoms with Gasteiger partial charge < -0.3 is 5.32 Å². The molecule has 8 heteroatoms. The molecule has 0 aliphatic carbocycles. The van der Waals surface area contributed by atoms with E-state index in [4.69, 9.17) is 0 Å². The minimum Gasteiger partial charge on any atom is -0.325 e. The van der Waals surface area contributed by atoms with Gasteiger partial charge in [0.15, 0.2) is 11.0 Å². The van der Waals surface area contributed by atoms with Crippen molar-refractivity contribution in [3.63, 3.8) is 0 Å². The number of anilines is 1. The predicted octanol–water partition coefficient (Wildman–Crippen LogP) is 4.82. The van der Waals surface area contributed by atoms with Crippen LogP contribution in [0.1, 0.15) is 37.6 Å². The molecular formula is C24H28FN5OS. The molecule has 2 heterocycles. The maximum atomic E-state index is 13.5. The fraction of sp³-hybridized carbons (Fsp3) is 0.375. The van der Waals surface area contributed by atoms with Crippen LogP contribution in [0.5, 0.6) is 0 Å². The highest BCUT2D eigenvalue weighted by atomic mass is 32.2. The summed E-state index contributed by atoms with van der Waals surface area (Å²) >= 11 is 1.35. The Balaban J connectivity index is 1.54. The van der Waals surface area contributed by atoms with Gasteiger partial charge in [-0.1, -0.05) is 35.9 Å². The van der Waals surface area contributed by atoms with Crippen molar-refractivity contribution in [3.8, 4) is 5.69 Å². The molecule has 6 nitrogen and oxygen atoms in total. The second kappa shape index (κ2) is 10.3. The molecule has 0 spiro atoms. The van der Waals surface area contributed by atoms with E-state index in [1.807, 2.05) is 42.7 Å². The smallest absolute Gasteiger partial charge is 0.237 e. The van der Waals surface area contributed by atoms with Crippen molar-refractivity contribution in [1.29, 1.82) is 0 Å². The fourth-order valence-corrected chi connectivity index (χ4v) is 4.62. The molecule has 4 rings (SSSR count). The normalized spacial score (nSPS) is 15.5. The van der Waals surface area contributed by atoms with E-state index < -0.39 is 0 Å². The van der Waals surface area contributed by atoms with Crippen LogP contribution in [0.25, 0.3) is 5.69 Å². The van der Waals surface area contributed by atoms with E-state index in [1.165, 1.54) is 43.2 Å². The van der Waals surface area contributed by atoms with Gasteiger partial charge in [0.05, 0.1) is 11.8 Å². The van der Waals surface area contributed by atoms with Crippen LogP contribution < -0.4 is 5.32 Å². The minimum atomic E-state index is -0.387. The molecule has 1 aromatic heterocycles. The zero-order valence-corrected chi connectivity index (χ0v) is 19.2. The molecule has 0 radical (unpaired) electrons. The number of hydrogen-bond acceptors (Lipinski definition) is 5. The number of carbonyl (C=O) groups excluding carboxylic acids is 1. The van der Waals surface area contributed by atoms with E-state index in [0.29, 0.717) is 11.7 Å². The fourth-order valence-electron chi connectivity index (χ4n) is 3.74. The average Bonchev–Trinajstić information content (AvgIpc) is 3.18. The minimum absolute atomic E-state index is 0.106. The number of carbonyl (C=O) groups is 1. The predicted molar refractivity (Wildman–Crippen MR) is 126 cm³/mol. The lowest BCUT2D eigenvalue weighted by atomic mass is 10.1. The summed E-state index contributed by atoms with van der Waals surface area (Å²) in [4.78, 5) is 15.1. The molecule has 1 aliphatic rings. The Hall–Kier alpha value is -2.71. The Kier molecular flexibility index (Phi) is 7.22. The molecule has 168 valence electrons. The van der Waals surface area contributed by atoms with Crippen molar-refractivity contribution in [2.45, 2.75) is 50.1 Å². The van der Waals surface area contributed by atoms with Crippen LogP contribution in [0.3, 0.4) is 0 Å². The molecule has 0 bridgehead atoms. The van der Waals surface area contributed by atoms with Gasteiger partial charge >= 0.3 is 0 Å². The molecule has 1 amide bonds. The van der Waals surface area contributed by atoms with Gasteiger partial charge in [-0.15, -0.1) is 10.2 Å². The van der Waals surface area contributed by atoms with Gasteiger partial charge in [0, 0.05) is 11.4 Å². The number of amides is 1. The van der Waals surface area contributed by atoms with E-state index in [-0.39, 0.29) is 17.0 Å². The standard InChI is InChI=1S/C24H28FN5OS/c1-17-6-10-20(11-7-17)26-23(31)18(2)32-24-28-27-22(16-29-14-4-3-5-15-29)30(24)21-12-8-19(25)9-13-21/h6-13,18H,3-5,14-16H2,1-2H3,(H,26,31)/t18-/m0/s1. The number of rotatable bonds is 7. The van der Waals surface area contributed by atoms with E-state index >= 15 is 0 Å². The van der Waals surface area contributed by atoms with Crippen LogP contribution in [-0.2, 0) is 11.3 Å². The number of thioether (sulfide) groups is 1. The number of piperidine rings is 1. The lowest BCUT2D eigenvalue weighted by Gasteiger charge is -2.26. The summed E-state index contributed by atoms with van der Waals surface area (Å²) in [6.45, 7) is 6.60. The van der Waals surface area contributed by atoms with Crippen molar-refractivity contribution in [3.05, 3.63) is 65.7 Å². The van der Waals surface area contributed by atoms with Gasteiger partial charge in [0.2, 0.25) is 5.91 Å². The molecule has 1 saturated heterocycles. The molecule has 2 aromatic carbocycles. The zero-order valence-electron chi connectivity index (χ0n) is 18.4. The third-order valence-corrected chi connectivity index (χ3v) is 6.61. The third-order valence-electron chi connectivity index (χ3n) is 5.57. The summed E-state index contributed by atoms with van der Waals surface area (Å²) in [6, 6.07) is 14.0. The Labute approximate surface area is 192 Å². The van der Waals surface area contributed by atoms with Crippen molar-refractivity contribution in [2.24, 2.45) is 0 Å². The maximum absolute atomic E-state index is 13.5. The number of nitrogens with one attached hydrogen (secondary N) is 1. The van der Waals surface area contributed by atoms with E-state index in [9.17, 15) is 9.18 Å². The summed E-state index contributed by atoms with van der Waals surface area (Å²) < 4.78 is 15.5. The van der Waals surface area contributed by atoms with Gasteiger partial charge in [-0.2, -0.15) is 0 Å². The highest BCUT2D eigenvalue weighted by Crippen LogP contribution is 2.27.